The zero-order chi connectivity index (χ0) is 21.4. The van der Waals surface area contributed by atoms with Crippen molar-refractivity contribution in [1.82, 2.24) is 19.5 Å². The van der Waals surface area contributed by atoms with Crippen LogP contribution in [0.25, 0.3) is 16.9 Å². The Morgan fingerprint density at radius 1 is 1.19 bits per heavy atom. The van der Waals surface area contributed by atoms with Crippen LogP contribution in [0.3, 0.4) is 0 Å². The molecule has 2 N–H and O–H groups in total. The number of para-hydroxylation sites is 1. The second-order valence-electron chi connectivity index (χ2n) is 7.46. The smallest absolute Gasteiger partial charge is 0.289 e. The first-order chi connectivity index (χ1) is 15.1. The van der Waals surface area contributed by atoms with Crippen LogP contribution in [-0.2, 0) is 0 Å². The van der Waals surface area contributed by atoms with E-state index in [0.717, 1.165) is 23.1 Å². The third-order valence-electron chi connectivity index (χ3n) is 5.47. The maximum Gasteiger partial charge on any atom is 0.289 e. The van der Waals surface area contributed by atoms with Gasteiger partial charge in [0, 0.05) is 30.8 Å². The first-order valence-corrected chi connectivity index (χ1v) is 10.8. The molecular weight excluding hydrogens is 462 g/mol. The van der Waals surface area contributed by atoms with Gasteiger partial charge in [0.1, 0.15) is 11.6 Å². The van der Waals surface area contributed by atoms with Crippen LogP contribution in [0.4, 0.5) is 5.82 Å². The summed E-state index contributed by atoms with van der Waals surface area (Å²) in [6, 6.07) is 12.6. The average molecular weight is 482 g/mol. The number of aromatic hydroxyl groups is 1. The highest BCUT2D eigenvalue weighted by Gasteiger charge is 2.26. The number of phenols is 1. The lowest BCUT2D eigenvalue weighted by Gasteiger charge is -2.32. The van der Waals surface area contributed by atoms with E-state index in [0.29, 0.717) is 35.8 Å². The minimum atomic E-state index is -0.0763. The molecule has 0 atom stereocenters. The molecule has 0 spiro atoms. The maximum atomic E-state index is 12.5. The van der Waals surface area contributed by atoms with Gasteiger partial charge in [0.25, 0.3) is 5.91 Å². The van der Waals surface area contributed by atoms with Crippen molar-refractivity contribution in [2.24, 2.45) is 0 Å². The number of anilines is 1. The first-order valence-electron chi connectivity index (χ1n) is 10.0. The van der Waals surface area contributed by atoms with Crippen molar-refractivity contribution >= 4 is 33.3 Å². The van der Waals surface area contributed by atoms with Gasteiger partial charge in [-0.05, 0) is 53.0 Å². The van der Waals surface area contributed by atoms with Crippen LogP contribution >= 0.6 is 15.9 Å². The Morgan fingerprint density at radius 2 is 2.00 bits per heavy atom. The fourth-order valence-electron chi connectivity index (χ4n) is 3.86. The van der Waals surface area contributed by atoms with Gasteiger partial charge in [-0.3, -0.25) is 4.79 Å². The largest absolute Gasteiger partial charge is 0.507 e. The van der Waals surface area contributed by atoms with Crippen molar-refractivity contribution in [3.63, 3.8) is 0 Å². The van der Waals surface area contributed by atoms with Crippen molar-refractivity contribution in [2.75, 3.05) is 18.4 Å². The van der Waals surface area contributed by atoms with Gasteiger partial charge in [0.05, 0.1) is 22.6 Å². The molecule has 4 aromatic rings. The highest BCUT2D eigenvalue weighted by molar-refractivity contribution is 9.10. The quantitative estimate of drug-likeness (QED) is 0.453. The third-order valence-corrected chi connectivity index (χ3v) is 6.03. The number of phenolic OH excluding ortho intramolecular Hbond substituents is 1. The highest BCUT2D eigenvalue weighted by Crippen LogP contribution is 2.31. The van der Waals surface area contributed by atoms with E-state index >= 15 is 0 Å². The van der Waals surface area contributed by atoms with Crippen molar-refractivity contribution in [3.8, 4) is 17.0 Å². The SMILES string of the molecule is O=C(c1ccco1)N1CCC(Nc2cc(-c3ccccc3O)nc3c(Br)cnn23)CC1. The van der Waals surface area contributed by atoms with Gasteiger partial charge in [-0.15, -0.1) is 0 Å². The number of halogens is 1. The molecule has 1 amide bonds. The zero-order valence-electron chi connectivity index (χ0n) is 16.5. The standard InChI is InChI=1S/C22H20BrN5O3/c23-16-13-24-28-20(12-17(26-21(16)28)15-4-1-2-5-18(15)29)25-14-7-9-27(10-8-14)22(30)19-6-3-11-31-19/h1-6,11-14,25,29H,7-10H2. The number of carbonyl (C=O) groups excluding carboxylic acids is 1. The van der Waals surface area contributed by atoms with Crippen molar-refractivity contribution in [1.29, 1.82) is 0 Å². The Labute approximate surface area is 186 Å². The fraction of sp³-hybridized carbons (Fsp3) is 0.227. The highest BCUT2D eigenvalue weighted by atomic mass is 79.9. The summed E-state index contributed by atoms with van der Waals surface area (Å²) in [4.78, 5) is 19.0. The Balaban J connectivity index is 1.38. The molecule has 0 unspecified atom stereocenters. The lowest BCUT2D eigenvalue weighted by molar-refractivity contribution is 0.0686. The predicted octanol–water partition coefficient (Wildman–Crippen LogP) is 4.17. The van der Waals surface area contributed by atoms with Gasteiger partial charge in [-0.1, -0.05) is 12.1 Å². The van der Waals surface area contributed by atoms with Crippen LogP contribution in [0, 0.1) is 0 Å². The lowest BCUT2D eigenvalue weighted by Crippen LogP contribution is -2.42. The number of aromatic nitrogens is 3. The van der Waals surface area contributed by atoms with Crippen LogP contribution < -0.4 is 5.32 Å². The maximum absolute atomic E-state index is 12.5. The van der Waals surface area contributed by atoms with E-state index in [4.69, 9.17) is 4.42 Å². The molecule has 1 aliphatic heterocycles. The van der Waals surface area contributed by atoms with Gasteiger partial charge in [0.2, 0.25) is 0 Å². The molecule has 5 rings (SSSR count). The Bertz CT molecular complexity index is 1230. The number of furan rings is 1. The summed E-state index contributed by atoms with van der Waals surface area (Å²) in [5.41, 5.74) is 1.97. The molecule has 1 aromatic carbocycles. The van der Waals surface area contributed by atoms with Crippen LogP contribution in [-0.4, -0.2) is 49.6 Å². The van der Waals surface area contributed by atoms with Gasteiger partial charge in [0.15, 0.2) is 11.4 Å². The van der Waals surface area contributed by atoms with E-state index in [2.05, 4.69) is 31.3 Å². The van der Waals surface area contributed by atoms with Crippen LogP contribution in [0.15, 0.2) is 63.8 Å². The number of fused-ring (bicyclic) bond motifs is 1. The van der Waals surface area contributed by atoms with E-state index in [-0.39, 0.29) is 17.7 Å². The first kappa shape index (κ1) is 19.6. The fourth-order valence-corrected chi connectivity index (χ4v) is 4.21. The van der Waals surface area contributed by atoms with Gasteiger partial charge < -0.3 is 19.7 Å². The summed E-state index contributed by atoms with van der Waals surface area (Å²) < 4.78 is 7.75. The molecule has 158 valence electrons. The Morgan fingerprint density at radius 3 is 2.74 bits per heavy atom. The topological polar surface area (TPSA) is 95.9 Å². The summed E-state index contributed by atoms with van der Waals surface area (Å²) in [5, 5.41) is 18.3. The van der Waals surface area contributed by atoms with Gasteiger partial charge >= 0.3 is 0 Å². The summed E-state index contributed by atoms with van der Waals surface area (Å²) in [7, 11) is 0. The van der Waals surface area contributed by atoms with Crippen molar-refractivity contribution in [3.05, 3.63) is 65.2 Å². The molecule has 8 nitrogen and oxygen atoms in total. The van der Waals surface area contributed by atoms with Gasteiger partial charge in [-0.2, -0.15) is 9.61 Å². The third kappa shape index (κ3) is 3.76. The molecule has 0 radical (unpaired) electrons. The molecule has 1 saturated heterocycles. The van der Waals surface area contributed by atoms with Gasteiger partial charge in [-0.25, -0.2) is 4.98 Å². The molecule has 1 fully saturated rings. The second kappa shape index (κ2) is 8.07. The van der Waals surface area contributed by atoms with E-state index in [1.165, 1.54) is 6.26 Å². The summed E-state index contributed by atoms with van der Waals surface area (Å²) in [6.45, 7) is 1.28. The van der Waals surface area contributed by atoms with E-state index < -0.39 is 0 Å². The number of hydrogen-bond acceptors (Lipinski definition) is 6. The molecule has 4 heterocycles. The number of benzene rings is 1. The number of likely N-dealkylation sites (tertiary alicyclic amines) is 1. The molecule has 9 heteroatoms. The number of nitrogens with one attached hydrogen (secondary N) is 1. The molecule has 31 heavy (non-hydrogen) atoms. The van der Waals surface area contributed by atoms with Crippen molar-refractivity contribution < 1.29 is 14.3 Å². The summed E-state index contributed by atoms with van der Waals surface area (Å²) >= 11 is 3.50. The molecule has 0 aliphatic carbocycles. The number of piperidine rings is 1. The number of hydrogen-bond donors (Lipinski definition) is 2. The van der Waals surface area contributed by atoms with E-state index in [1.54, 1.807) is 35.0 Å². The van der Waals surface area contributed by atoms with Crippen LogP contribution in [0.1, 0.15) is 23.4 Å². The monoisotopic (exact) mass is 481 g/mol. The Kier molecular flexibility index (Phi) is 5.11. The molecule has 0 saturated carbocycles. The Hall–Kier alpha value is -3.33. The van der Waals surface area contributed by atoms with Crippen molar-refractivity contribution in [2.45, 2.75) is 18.9 Å². The molecule has 3 aromatic heterocycles. The number of amides is 1. The molecule has 0 bridgehead atoms. The normalized spacial score (nSPS) is 14.8. The number of rotatable bonds is 4. The predicted molar refractivity (Wildman–Crippen MR) is 119 cm³/mol. The second-order valence-corrected chi connectivity index (χ2v) is 8.31. The number of carbonyl (C=O) groups is 1. The molecule has 1 aliphatic rings. The summed E-state index contributed by atoms with van der Waals surface area (Å²) in [5.74, 6) is 1.25. The van der Waals surface area contributed by atoms with Crippen LogP contribution in [0.5, 0.6) is 5.75 Å². The van der Waals surface area contributed by atoms with E-state index in [1.807, 2.05) is 23.1 Å². The minimum Gasteiger partial charge on any atom is -0.507 e. The average Bonchev–Trinajstić information content (AvgIpc) is 3.45. The lowest BCUT2D eigenvalue weighted by atomic mass is 10.0. The minimum absolute atomic E-state index is 0.0763. The number of nitrogens with zero attached hydrogens (tertiary/aromatic N) is 4. The van der Waals surface area contributed by atoms with Crippen LogP contribution in [0.2, 0.25) is 0 Å². The van der Waals surface area contributed by atoms with E-state index in [9.17, 15) is 9.90 Å². The summed E-state index contributed by atoms with van der Waals surface area (Å²) in [6.07, 6.45) is 4.81. The zero-order valence-corrected chi connectivity index (χ0v) is 18.1. The molecular formula is C22H20BrN5O3.